The number of ether oxygens (including phenoxy) is 1. The molecular weight excluding hydrogens is 247 g/mol. The molecule has 0 saturated heterocycles. The van der Waals surface area contributed by atoms with Gasteiger partial charge < -0.3 is 4.74 Å². The van der Waals surface area contributed by atoms with Gasteiger partial charge in [-0.2, -0.15) is 5.10 Å². The second-order valence-corrected chi connectivity index (χ2v) is 4.33. The molecule has 0 atom stereocenters. The largest absolute Gasteiger partial charge is 0.424 e. The van der Waals surface area contributed by atoms with Crippen molar-refractivity contribution in [3.8, 4) is 5.75 Å². The van der Waals surface area contributed by atoms with E-state index in [1.54, 1.807) is 29.8 Å². The number of benzene rings is 1. The van der Waals surface area contributed by atoms with Crippen molar-refractivity contribution >= 4 is 22.3 Å². The van der Waals surface area contributed by atoms with Crippen LogP contribution in [0.4, 0.5) is 4.39 Å². The summed E-state index contributed by atoms with van der Waals surface area (Å²) in [6.07, 6.45) is 1.63. The summed E-state index contributed by atoms with van der Waals surface area (Å²) in [5.41, 5.74) is 1.48. The van der Waals surface area contributed by atoms with Crippen molar-refractivity contribution in [1.82, 2.24) is 9.61 Å². The van der Waals surface area contributed by atoms with Gasteiger partial charge in [0.1, 0.15) is 5.82 Å². The molecule has 0 unspecified atom stereocenters. The first-order valence-electron chi connectivity index (χ1n) is 5.82. The first-order chi connectivity index (χ1) is 9.08. The van der Waals surface area contributed by atoms with Crippen molar-refractivity contribution in [2.75, 3.05) is 0 Å². The number of pyridine rings is 1. The fourth-order valence-corrected chi connectivity index (χ4v) is 2.26. The smallest absolute Gasteiger partial charge is 0.308 e. The van der Waals surface area contributed by atoms with Crippen molar-refractivity contribution in [2.45, 2.75) is 13.8 Å². The van der Waals surface area contributed by atoms with E-state index in [2.05, 4.69) is 5.10 Å². The number of carbonyl (C=O) groups excluding carboxylic acids is 1. The van der Waals surface area contributed by atoms with Gasteiger partial charge in [0.05, 0.1) is 17.4 Å². The Hall–Kier alpha value is -2.43. The van der Waals surface area contributed by atoms with Crippen LogP contribution in [0.2, 0.25) is 0 Å². The van der Waals surface area contributed by atoms with Gasteiger partial charge in [0.25, 0.3) is 0 Å². The van der Waals surface area contributed by atoms with Crippen molar-refractivity contribution in [1.29, 1.82) is 0 Å². The number of aromatic nitrogens is 2. The lowest BCUT2D eigenvalue weighted by Gasteiger charge is -2.12. The average Bonchev–Trinajstić information content (AvgIpc) is 2.83. The summed E-state index contributed by atoms with van der Waals surface area (Å²) in [5.74, 6) is -0.341. The first kappa shape index (κ1) is 11.6. The molecule has 0 N–H and O–H groups in total. The molecule has 0 spiro atoms. The van der Waals surface area contributed by atoms with Crippen LogP contribution < -0.4 is 4.74 Å². The molecule has 5 heteroatoms. The van der Waals surface area contributed by atoms with Crippen LogP contribution in [0, 0.1) is 12.7 Å². The minimum absolute atomic E-state index is 0.340. The summed E-state index contributed by atoms with van der Waals surface area (Å²) in [5, 5.41) is 5.53. The quantitative estimate of drug-likeness (QED) is 0.630. The number of hydrogen-bond donors (Lipinski definition) is 0. The highest BCUT2D eigenvalue weighted by atomic mass is 19.1. The first-order valence-corrected chi connectivity index (χ1v) is 5.82. The molecule has 19 heavy (non-hydrogen) atoms. The number of rotatable bonds is 1. The van der Waals surface area contributed by atoms with Crippen LogP contribution >= 0.6 is 0 Å². The predicted octanol–water partition coefficient (Wildman–Crippen LogP) is 2.86. The van der Waals surface area contributed by atoms with Gasteiger partial charge in [-0.3, -0.25) is 4.79 Å². The molecule has 0 bridgehead atoms. The topological polar surface area (TPSA) is 43.6 Å². The Kier molecular flexibility index (Phi) is 2.48. The van der Waals surface area contributed by atoms with Crippen LogP contribution in [0.5, 0.6) is 5.75 Å². The van der Waals surface area contributed by atoms with E-state index in [1.165, 1.54) is 19.1 Å². The van der Waals surface area contributed by atoms with Crippen LogP contribution in [0.3, 0.4) is 0 Å². The Bertz CT molecular complexity index is 808. The molecule has 0 radical (unpaired) electrons. The molecule has 0 aliphatic carbocycles. The lowest BCUT2D eigenvalue weighted by atomic mass is 10.1. The van der Waals surface area contributed by atoms with Gasteiger partial charge >= 0.3 is 5.97 Å². The monoisotopic (exact) mass is 258 g/mol. The van der Waals surface area contributed by atoms with E-state index in [4.69, 9.17) is 4.74 Å². The molecule has 2 aromatic heterocycles. The zero-order valence-electron chi connectivity index (χ0n) is 10.5. The predicted molar refractivity (Wildman–Crippen MR) is 68.7 cm³/mol. The summed E-state index contributed by atoms with van der Waals surface area (Å²) >= 11 is 0. The van der Waals surface area contributed by atoms with Gasteiger partial charge in [-0.05, 0) is 31.2 Å². The van der Waals surface area contributed by atoms with E-state index >= 15 is 0 Å². The third kappa shape index (κ3) is 1.74. The number of halogens is 1. The molecule has 1 aromatic carbocycles. The number of carbonyl (C=O) groups is 1. The number of nitrogens with zero attached hydrogens (tertiary/aromatic N) is 2. The highest BCUT2D eigenvalue weighted by Gasteiger charge is 2.15. The van der Waals surface area contributed by atoms with Gasteiger partial charge in [-0.25, -0.2) is 8.91 Å². The number of aryl methyl sites for hydroxylation is 1. The van der Waals surface area contributed by atoms with Gasteiger partial charge in [0.15, 0.2) is 5.75 Å². The second kappa shape index (κ2) is 4.05. The molecule has 3 aromatic rings. The lowest BCUT2D eigenvalue weighted by Crippen LogP contribution is -2.07. The summed E-state index contributed by atoms with van der Waals surface area (Å²) in [6.45, 7) is 3.14. The fourth-order valence-electron chi connectivity index (χ4n) is 2.26. The van der Waals surface area contributed by atoms with Crippen LogP contribution in [0.1, 0.15) is 12.6 Å². The van der Waals surface area contributed by atoms with E-state index in [0.29, 0.717) is 22.2 Å². The van der Waals surface area contributed by atoms with Crippen LogP contribution in [0.25, 0.3) is 16.3 Å². The molecule has 0 aliphatic rings. The van der Waals surface area contributed by atoms with E-state index in [0.717, 1.165) is 5.52 Å². The van der Waals surface area contributed by atoms with Crippen LogP contribution in [-0.4, -0.2) is 15.6 Å². The Balaban J connectivity index is 2.49. The SMILES string of the molecule is CC(=O)Oc1c(C)n2nccc2c2cc(F)ccc12. The standard InChI is InChI=1S/C14H11FN2O2/c1-8-14(19-9(2)18)11-4-3-10(15)7-12(11)13-5-6-16-17(8)13/h3-7H,1-2H3. The zero-order valence-corrected chi connectivity index (χ0v) is 10.5. The summed E-state index contributed by atoms with van der Waals surface area (Å²) in [4.78, 5) is 11.2. The molecule has 2 heterocycles. The maximum absolute atomic E-state index is 13.4. The molecule has 3 rings (SSSR count). The molecule has 0 fully saturated rings. The van der Waals surface area contributed by atoms with Gasteiger partial charge in [-0.15, -0.1) is 0 Å². The van der Waals surface area contributed by atoms with E-state index in [-0.39, 0.29) is 5.82 Å². The number of hydrogen-bond acceptors (Lipinski definition) is 3. The Morgan fingerprint density at radius 3 is 2.84 bits per heavy atom. The van der Waals surface area contributed by atoms with Crippen molar-refractivity contribution in [3.05, 3.63) is 42.0 Å². The molecule has 96 valence electrons. The lowest BCUT2D eigenvalue weighted by molar-refractivity contribution is -0.131. The Morgan fingerprint density at radius 2 is 2.11 bits per heavy atom. The molecule has 0 saturated carbocycles. The highest BCUT2D eigenvalue weighted by molar-refractivity contribution is 6.01. The zero-order chi connectivity index (χ0) is 13.6. The molecule has 0 aliphatic heterocycles. The van der Waals surface area contributed by atoms with Gasteiger partial charge in [0.2, 0.25) is 0 Å². The van der Waals surface area contributed by atoms with Crippen LogP contribution in [-0.2, 0) is 4.79 Å². The van der Waals surface area contributed by atoms with E-state index in [9.17, 15) is 9.18 Å². The average molecular weight is 258 g/mol. The summed E-state index contributed by atoms with van der Waals surface area (Å²) in [7, 11) is 0. The Labute approximate surface area is 108 Å². The number of esters is 1. The summed E-state index contributed by atoms with van der Waals surface area (Å²) in [6, 6.07) is 6.18. The minimum Gasteiger partial charge on any atom is -0.424 e. The molecule has 4 nitrogen and oxygen atoms in total. The van der Waals surface area contributed by atoms with Gasteiger partial charge in [-0.1, -0.05) is 0 Å². The molecular formula is C14H11FN2O2. The summed E-state index contributed by atoms with van der Waals surface area (Å²) < 4.78 is 20.3. The third-order valence-electron chi connectivity index (χ3n) is 3.04. The normalized spacial score (nSPS) is 11.1. The fraction of sp³-hybridized carbons (Fsp3) is 0.143. The maximum atomic E-state index is 13.4. The van der Waals surface area contributed by atoms with Crippen molar-refractivity contribution in [3.63, 3.8) is 0 Å². The van der Waals surface area contributed by atoms with Gasteiger partial charge in [0, 0.05) is 17.7 Å². The third-order valence-corrected chi connectivity index (χ3v) is 3.04. The van der Waals surface area contributed by atoms with Crippen molar-refractivity contribution < 1.29 is 13.9 Å². The Morgan fingerprint density at radius 1 is 1.32 bits per heavy atom. The minimum atomic E-state index is -0.416. The van der Waals surface area contributed by atoms with Crippen molar-refractivity contribution in [2.24, 2.45) is 0 Å². The second-order valence-electron chi connectivity index (χ2n) is 4.33. The van der Waals surface area contributed by atoms with Crippen LogP contribution in [0.15, 0.2) is 30.5 Å². The maximum Gasteiger partial charge on any atom is 0.308 e. The molecule has 0 amide bonds. The highest BCUT2D eigenvalue weighted by Crippen LogP contribution is 2.33. The number of fused-ring (bicyclic) bond motifs is 3. The van der Waals surface area contributed by atoms with E-state index in [1.807, 2.05) is 0 Å². The van der Waals surface area contributed by atoms with E-state index < -0.39 is 5.97 Å².